The summed E-state index contributed by atoms with van der Waals surface area (Å²) >= 11 is 0. The Balaban J connectivity index is 1.95. The van der Waals surface area contributed by atoms with Crippen molar-refractivity contribution in [3.63, 3.8) is 0 Å². The number of nitrogens with zero attached hydrogens (tertiary/aromatic N) is 3. The Morgan fingerprint density at radius 2 is 1.67 bits per heavy atom. The van der Waals surface area contributed by atoms with Crippen LogP contribution in [0.2, 0.25) is 0 Å². The molecule has 3 amide bonds. The van der Waals surface area contributed by atoms with Crippen molar-refractivity contribution in [1.29, 1.82) is 0 Å². The first-order valence-corrected chi connectivity index (χ1v) is 10.5. The van der Waals surface area contributed by atoms with Crippen LogP contribution < -0.4 is 10.1 Å². The molecular formula is C22H34N4O4. The molecular weight excluding hydrogens is 384 g/mol. The van der Waals surface area contributed by atoms with E-state index in [9.17, 15) is 14.4 Å². The van der Waals surface area contributed by atoms with Crippen molar-refractivity contribution in [2.75, 3.05) is 53.4 Å². The van der Waals surface area contributed by atoms with Crippen LogP contribution in [-0.4, -0.2) is 91.9 Å². The minimum Gasteiger partial charge on any atom is -0.494 e. The maximum Gasteiger partial charge on any atom is 0.251 e. The lowest BCUT2D eigenvalue weighted by Gasteiger charge is -2.37. The lowest BCUT2D eigenvalue weighted by atomic mass is 10.0. The first-order valence-electron chi connectivity index (χ1n) is 10.5. The number of ether oxygens (including phenoxy) is 1. The maximum absolute atomic E-state index is 13.1. The lowest BCUT2D eigenvalue weighted by Crippen LogP contribution is -2.57. The van der Waals surface area contributed by atoms with E-state index >= 15 is 0 Å². The zero-order valence-electron chi connectivity index (χ0n) is 18.7. The summed E-state index contributed by atoms with van der Waals surface area (Å²) in [6.45, 7) is 9.04. The van der Waals surface area contributed by atoms with Gasteiger partial charge in [0.25, 0.3) is 5.91 Å². The third-order valence-corrected chi connectivity index (χ3v) is 5.19. The third kappa shape index (κ3) is 6.45. The molecule has 1 aromatic rings. The molecule has 1 heterocycles. The summed E-state index contributed by atoms with van der Waals surface area (Å²) in [5.41, 5.74) is 0.490. The fourth-order valence-corrected chi connectivity index (χ4v) is 3.26. The van der Waals surface area contributed by atoms with Crippen LogP contribution in [0.15, 0.2) is 24.3 Å². The van der Waals surface area contributed by atoms with Crippen molar-refractivity contribution < 1.29 is 19.1 Å². The highest BCUT2D eigenvalue weighted by Crippen LogP contribution is 2.14. The molecule has 0 aromatic heterocycles. The van der Waals surface area contributed by atoms with Crippen LogP contribution in [0.5, 0.6) is 5.75 Å². The Morgan fingerprint density at radius 1 is 1.07 bits per heavy atom. The van der Waals surface area contributed by atoms with Gasteiger partial charge in [-0.3, -0.25) is 19.3 Å². The molecule has 1 saturated heterocycles. The molecule has 0 saturated carbocycles. The maximum atomic E-state index is 13.1. The molecule has 1 aromatic carbocycles. The topological polar surface area (TPSA) is 82.2 Å². The zero-order chi connectivity index (χ0) is 22.3. The zero-order valence-corrected chi connectivity index (χ0v) is 18.7. The highest BCUT2D eigenvalue weighted by atomic mass is 16.5. The molecule has 0 aliphatic carbocycles. The molecule has 166 valence electrons. The third-order valence-electron chi connectivity index (χ3n) is 5.19. The molecule has 8 heteroatoms. The van der Waals surface area contributed by atoms with Gasteiger partial charge in [0.2, 0.25) is 11.8 Å². The Hall–Kier alpha value is -2.61. The summed E-state index contributed by atoms with van der Waals surface area (Å²) in [6, 6.07) is 6.29. The number of carbonyl (C=O) groups is 3. The highest BCUT2D eigenvalue weighted by Gasteiger charge is 2.31. The first-order chi connectivity index (χ1) is 14.2. The quantitative estimate of drug-likeness (QED) is 0.683. The number of carbonyl (C=O) groups excluding carboxylic acids is 3. The molecule has 1 aliphatic heterocycles. The summed E-state index contributed by atoms with van der Waals surface area (Å²) in [4.78, 5) is 43.0. The predicted octanol–water partition coefficient (Wildman–Crippen LogP) is 1.07. The molecule has 2 rings (SSSR count). The number of piperazine rings is 1. The number of amides is 3. The van der Waals surface area contributed by atoms with Gasteiger partial charge in [-0.15, -0.1) is 0 Å². The summed E-state index contributed by atoms with van der Waals surface area (Å²) in [5, 5.41) is 2.89. The van der Waals surface area contributed by atoms with E-state index in [1.54, 1.807) is 48.2 Å². The minimum atomic E-state index is -0.598. The smallest absolute Gasteiger partial charge is 0.251 e. The Morgan fingerprint density at radius 3 is 2.17 bits per heavy atom. The molecule has 0 spiro atoms. The second-order valence-corrected chi connectivity index (χ2v) is 8.04. The molecule has 1 aliphatic rings. The van der Waals surface area contributed by atoms with Gasteiger partial charge in [-0.05, 0) is 37.1 Å². The summed E-state index contributed by atoms with van der Waals surface area (Å²) in [5.74, 6) is 0.356. The van der Waals surface area contributed by atoms with Crippen LogP contribution in [0, 0.1) is 5.92 Å². The molecule has 0 unspecified atom stereocenters. The summed E-state index contributed by atoms with van der Waals surface area (Å²) in [6.07, 6.45) is 0. The molecule has 8 nitrogen and oxygen atoms in total. The van der Waals surface area contributed by atoms with Crippen molar-refractivity contribution in [2.45, 2.75) is 26.8 Å². The fourth-order valence-electron chi connectivity index (χ4n) is 3.26. The molecule has 1 N–H and O–H groups in total. The van der Waals surface area contributed by atoms with Crippen LogP contribution in [0.1, 0.15) is 31.1 Å². The number of likely N-dealkylation sites (N-methyl/N-ethyl adjacent to an activating group) is 1. The van der Waals surface area contributed by atoms with Gasteiger partial charge in [0.05, 0.1) is 13.2 Å². The molecule has 1 atom stereocenters. The van der Waals surface area contributed by atoms with Gasteiger partial charge in [-0.2, -0.15) is 0 Å². The molecule has 30 heavy (non-hydrogen) atoms. The second kappa shape index (κ2) is 11.0. The SMILES string of the molecule is CCOc1ccc(C(=O)N[C@@H](C(=O)N2CCN(CC(=O)N(C)C)CC2)C(C)C)cc1. The highest BCUT2D eigenvalue weighted by molar-refractivity contribution is 5.97. The monoisotopic (exact) mass is 418 g/mol. The van der Waals surface area contributed by atoms with Crippen LogP contribution in [0.4, 0.5) is 0 Å². The molecule has 0 radical (unpaired) electrons. The first kappa shape index (κ1) is 23.7. The summed E-state index contributed by atoms with van der Waals surface area (Å²) in [7, 11) is 3.48. The standard InChI is InChI=1S/C22H34N4O4/c1-6-30-18-9-7-17(8-10-18)21(28)23-20(16(2)3)22(29)26-13-11-25(12-14-26)15-19(27)24(4)5/h7-10,16,20H,6,11-15H2,1-5H3,(H,23,28)/t20-/m1/s1. The molecule has 1 fully saturated rings. The Kier molecular flexibility index (Phi) is 8.65. The number of benzene rings is 1. The van der Waals surface area contributed by atoms with E-state index in [-0.39, 0.29) is 23.6 Å². The number of nitrogens with one attached hydrogen (secondary N) is 1. The van der Waals surface area contributed by atoms with Crippen molar-refractivity contribution in [1.82, 2.24) is 20.0 Å². The van der Waals surface area contributed by atoms with E-state index < -0.39 is 6.04 Å². The van der Waals surface area contributed by atoms with Crippen LogP contribution in [0.3, 0.4) is 0 Å². The largest absolute Gasteiger partial charge is 0.494 e. The number of hydrogen-bond acceptors (Lipinski definition) is 5. The van der Waals surface area contributed by atoms with E-state index in [2.05, 4.69) is 10.2 Å². The van der Waals surface area contributed by atoms with Crippen molar-refractivity contribution in [3.05, 3.63) is 29.8 Å². The van der Waals surface area contributed by atoms with E-state index in [4.69, 9.17) is 4.74 Å². The van der Waals surface area contributed by atoms with Gasteiger partial charge < -0.3 is 19.9 Å². The van der Waals surface area contributed by atoms with Gasteiger partial charge in [0, 0.05) is 45.8 Å². The predicted molar refractivity (Wildman–Crippen MR) is 115 cm³/mol. The van der Waals surface area contributed by atoms with Gasteiger partial charge in [0.1, 0.15) is 11.8 Å². The average Bonchev–Trinajstić information content (AvgIpc) is 2.72. The summed E-state index contributed by atoms with van der Waals surface area (Å²) < 4.78 is 5.40. The van der Waals surface area contributed by atoms with E-state index in [1.807, 2.05) is 20.8 Å². The number of hydrogen-bond donors (Lipinski definition) is 1. The van der Waals surface area contributed by atoms with Crippen LogP contribution >= 0.6 is 0 Å². The lowest BCUT2D eigenvalue weighted by molar-refractivity contribution is -0.136. The van der Waals surface area contributed by atoms with E-state index in [0.29, 0.717) is 50.6 Å². The van der Waals surface area contributed by atoms with Gasteiger partial charge in [-0.25, -0.2) is 0 Å². The van der Waals surface area contributed by atoms with Gasteiger partial charge in [-0.1, -0.05) is 13.8 Å². The fraction of sp³-hybridized carbons (Fsp3) is 0.591. The second-order valence-electron chi connectivity index (χ2n) is 8.04. The van der Waals surface area contributed by atoms with Crippen molar-refractivity contribution in [2.24, 2.45) is 5.92 Å². The van der Waals surface area contributed by atoms with Crippen molar-refractivity contribution >= 4 is 17.7 Å². The van der Waals surface area contributed by atoms with Crippen LogP contribution in [0.25, 0.3) is 0 Å². The minimum absolute atomic E-state index is 0.0440. The van der Waals surface area contributed by atoms with Crippen LogP contribution in [-0.2, 0) is 9.59 Å². The Labute approximate surface area is 179 Å². The molecule has 0 bridgehead atoms. The normalized spacial score (nSPS) is 15.6. The van der Waals surface area contributed by atoms with Crippen molar-refractivity contribution in [3.8, 4) is 5.75 Å². The van der Waals surface area contributed by atoms with Gasteiger partial charge >= 0.3 is 0 Å². The average molecular weight is 419 g/mol. The van der Waals surface area contributed by atoms with E-state index in [0.717, 1.165) is 0 Å². The van der Waals surface area contributed by atoms with E-state index in [1.165, 1.54) is 0 Å². The number of rotatable bonds is 8. The van der Waals surface area contributed by atoms with Gasteiger partial charge in [0.15, 0.2) is 0 Å². The Bertz CT molecular complexity index is 725.